The van der Waals surface area contributed by atoms with Crippen LogP contribution in [0.4, 0.5) is 4.39 Å². The Hall–Kier alpha value is -1.74. The molecule has 1 aromatic heterocycles. The van der Waals surface area contributed by atoms with Gasteiger partial charge in [-0.25, -0.2) is 17.5 Å². The van der Waals surface area contributed by atoms with E-state index in [1.807, 2.05) is 19.1 Å². The van der Waals surface area contributed by atoms with Crippen LogP contribution >= 0.6 is 0 Å². The zero-order valence-corrected chi connectivity index (χ0v) is 15.5. The second-order valence-corrected chi connectivity index (χ2v) is 8.15. The lowest BCUT2D eigenvalue weighted by Crippen LogP contribution is -2.43. The van der Waals surface area contributed by atoms with Crippen molar-refractivity contribution < 1.29 is 22.0 Å². The van der Waals surface area contributed by atoms with Crippen molar-refractivity contribution in [2.75, 3.05) is 32.8 Å². The minimum Gasteiger partial charge on any atom is -0.465 e. The second-order valence-electron chi connectivity index (χ2n) is 6.35. The molecule has 26 heavy (non-hydrogen) atoms. The van der Waals surface area contributed by atoms with Gasteiger partial charge in [0.1, 0.15) is 17.3 Å². The van der Waals surface area contributed by atoms with E-state index in [1.165, 1.54) is 24.3 Å². The molecule has 142 valence electrons. The van der Waals surface area contributed by atoms with Crippen molar-refractivity contribution >= 4 is 10.0 Å². The molecule has 3 rings (SSSR count). The van der Waals surface area contributed by atoms with Gasteiger partial charge in [0.15, 0.2) is 0 Å². The first-order valence-corrected chi connectivity index (χ1v) is 10.2. The minimum atomic E-state index is -3.55. The summed E-state index contributed by atoms with van der Waals surface area (Å²) in [6, 6.07) is 9.02. The van der Waals surface area contributed by atoms with Crippen LogP contribution in [-0.4, -0.2) is 46.2 Å². The van der Waals surface area contributed by atoms with Gasteiger partial charge in [-0.1, -0.05) is 12.1 Å². The van der Waals surface area contributed by atoms with Gasteiger partial charge in [0, 0.05) is 19.6 Å². The van der Waals surface area contributed by atoms with E-state index in [-0.39, 0.29) is 24.2 Å². The maximum atomic E-state index is 13.0. The Balaban J connectivity index is 1.68. The summed E-state index contributed by atoms with van der Waals surface area (Å²) < 4.78 is 51.6. The topological polar surface area (TPSA) is 71.8 Å². The zero-order chi connectivity index (χ0) is 18.6. The van der Waals surface area contributed by atoms with E-state index in [9.17, 15) is 12.8 Å². The highest BCUT2D eigenvalue weighted by atomic mass is 32.2. The Morgan fingerprint density at radius 1 is 1.15 bits per heavy atom. The number of furan rings is 1. The standard InChI is InChI=1S/C18H23FN2O4S/c1-14-2-7-18(25-14)17(21-8-10-24-11-9-21)12-20-26(22,23)13-15-3-5-16(19)6-4-15/h2-7,17,20H,8-13H2,1H3. The average molecular weight is 382 g/mol. The molecule has 0 spiro atoms. The molecule has 1 aromatic carbocycles. The first kappa shape index (κ1) is 19.0. The van der Waals surface area contributed by atoms with Gasteiger partial charge in [-0.05, 0) is 36.8 Å². The molecule has 1 N–H and O–H groups in total. The highest BCUT2D eigenvalue weighted by Crippen LogP contribution is 2.23. The summed E-state index contributed by atoms with van der Waals surface area (Å²) in [7, 11) is -3.55. The van der Waals surface area contributed by atoms with Crippen LogP contribution in [0.3, 0.4) is 0 Å². The summed E-state index contributed by atoms with van der Waals surface area (Å²) >= 11 is 0. The van der Waals surface area contributed by atoms with Gasteiger partial charge in [0.2, 0.25) is 10.0 Å². The smallest absolute Gasteiger partial charge is 0.215 e. The molecule has 0 amide bonds. The van der Waals surface area contributed by atoms with E-state index in [2.05, 4.69) is 9.62 Å². The molecule has 6 nitrogen and oxygen atoms in total. The monoisotopic (exact) mass is 382 g/mol. The average Bonchev–Trinajstić information content (AvgIpc) is 3.04. The Bertz CT molecular complexity index is 814. The summed E-state index contributed by atoms with van der Waals surface area (Å²) in [6.45, 7) is 4.71. The number of nitrogens with zero attached hydrogens (tertiary/aromatic N) is 1. The van der Waals surface area contributed by atoms with Gasteiger partial charge in [-0.3, -0.25) is 4.90 Å². The molecule has 0 bridgehead atoms. The number of benzene rings is 1. The molecule has 1 aliphatic rings. The molecule has 0 radical (unpaired) electrons. The molecular formula is C18H23FN2O4S. The van der Waals surface area contributed by atoms with Crippen LogP contribution in [0, 0.1) is 12.7 Å². The molecule has 0 saturated carbocycles. The number of aryl methyl sites for hydroxylation is 1. The van der Waals surface area contributed by atoms with Gasteiger partial charge in [0.25, 0.3) is 0 Å². The van der Waals surface area contributed by atoms with Crippen LogP contribution in [0.2, 0.25) is 0 Å². The number of sulfonamides is 1. The largest absolute Gasteiger partial charge is 0.465 e. The fourth-order valence-corrected chi connectivity index (χ4v) is 4.13. The summed E-state index contributed by atoms with van der Waals surface area (Å²) in [5.74, 6) is 0.932. The van der Waals surface area contributed by atoms with Gasteiger partial charge < -0.3 is 9.15 Å². The lowest BCUT2D eigenvalue weighted by molar-refractivity contribution is 0.0127. The molecule has 2 aromatic rings. The third-order valence-electron chi connectivity index (χ3n) is 4.34. The Labute approximate surface area is 153 Å². The molecule has 2 heterocycles. The number of hydrogen-bond donors (Lipinski definition) is 1. The number of ether oxygens (including phenoxy) is 1. The van der Waals surface area contributed by atoms with E-state index in [0.29, 0.717) is 31.9 Å². The van der Waals surface area contributed by atoms with Gasteiger partial charge in [-0.15, -0.1) is 0 Å². The third-order valence-corrected chi connectivity index (χ3v) is 5.66. The number of nitrogens with one attached hydrogen (secondary N) is 1. The van der Waals surface area contributed by atoms with E-state index in [4.69, 9.17) is 9.15 Å². The Morgan fingerprint density at radius 3 is 2.46 bits per heavy atom. The van der Waals surface area contributed by atoms with Gasteiger partial charge in [0.05, 0.1) is 25.0 Å². The summed E-state index contributed by atoms with van der Waals surface area (Å²) in [4.78, 5) is 2.15. The first-order valence-electron chi connectivity index (χ1n) is 8.53. The third kappa shape index (κ3) is 5.14. The van der Waals surface area contributed by atoms with E-state index >= 15 is 0 Å². The number of halogens is 1. The Morgan fingerprint density at radius 2 is 1.85 bits per heavy atom. The fourth-order valence-electron chi connectivity index (χ4n) is 2.99. The summed E-state index contributed by atoms with van der Waals surface area (Å²) in [5.41, 5.74) is 0.538. The van der Waals surface area contributed by atoms with Crippen LogP contribution in [0.15, 0.2) is 40.8 Å². The van der Waals surface area contributed by atoms with Crippen molar-refractivity contribution in [3.8, 4) is 0 Å². The fraction of sp³-hybridized carbons (Fsp3) is 0.444. The molecule has 1 fully saturated rings. The van der Waals surface area contributed by atoms with Crippen molar-refractivity contribution in [3.05, 3.63) is 59.3 Å². The molecule has 1 atom stereocenters. The van der Waals surface area contributed by atoms with Crippen LogP contribution in [0.1, 0.15) is 23.1 Å². The molecule has 8 heteroatoms. The molecule has 1 aliphatic heterocycles. The van der Waals surface area contributed by atoms with E-state index in [1.54, 1.807) is 0 Å². The number of hydrogen-bond acceptors (Lipinski definition) is 5. The van der Waals surface area contributed by atoms with E-state index < -0.39 is 10.0 Å². The van der Waals surface area contributed by atoms with Crippen molar-refractivity contribution in [2.24, 2.45) is 0 Å². The van der Waals surface area contributed by atoms with Crippen molar-refractivity contribution in [2.45, 2.75) is 18.7 Å². The van der Waals surface area contributed by atoms with Crippen LogP contribution < -0.4 is 4.72 Å². The molecular weight excluding hydrogens is 359 g/mol. The predicted molar refractivity (Wildman–Crippen MR) is 95.6 cm³/mol. The number of morpholine rings is 1. The zero-order valence-electron chi connectivity index (χ0n) is 14.7. The summed E-state index contributed by atoms with van der Waals surface area (Å²) in [5, 5.41) is 0. The lowest BCUT2D eigenvalue weighted by Gasteiger charge is -2.33. The predicted octanol–water partition coefficient (Wildman–Crippen LogP) is 2.22. The Kier molecular flexibility index (Phi) is 6.08. The van der Waals surface area contributed by atoms with Crippen molar-refractivity contribution in [1.82, 2.24) is 9.62 Å². The van der Waals surface area contributed by atoms with Crippen molar-refractivity contribution in [3.63, 3.8) is 0 Å². The summed E-state index contributed by atoms with van der Waals surface area (Å²) in [6.07, 6.45) is 0. The minimum absolute atomic E-state index is 0.194. The SMILES string of the molecule is Cc1ccc(C(CNS(=O)(=O)Cc2ccc(F)cc2)N2CCOCC2)o1. The van der Waals surface area contributed by atoms with Gasteiger partial charge >= 0.3 is 0 Å². The quantitative estimate of drug-likeness (QED) is 0.795. The van der Waals surface area contributed by atoms with Crippen LogP contribution in [-0.2, 0) is 20.5 Å². The normalized spacial score (nSPS) is 17.3. The molecule has 1 saturated heterocycles. The van der Waals surface area contributed by atoms with Gasteiger partial charge in [-0.2, -0.15) is 0 Å². The van der Waals surface area contributed by atoms with E-state index in [0.717, 1.165) is 11.5 Å². The van der Waals surface area contributed by atoms with Crippen molar-refractivity contribution in [1.29, 1.82) is 0 Å². The maximum Gasteiger partial charge on any atom is 0.215 e. The second kappa shape index (κ2) is 8.30. The number of rotatable bonds is 7. The van der Waals surface area contributed by atoms with Crippen LogP contribution in [0.25, 0.3) is 0 Å². The maximum absolute atomic E-state index is 13.0. The lowest BCUT2D eigenvalue weighted by atomic mass is 10.2. The highest BCUT2D eigenvalue weighted by Gasteiger charge is 2.26. The first-order chi connectivity index (χ1) is 12.4. The molecule has 0 aliphatic carbocycles. The molecule has 1 unspecified atom stereocenters. The highest BCUT2D eigenvalue weighted by molar-refractivity contribution is 7.88. The van der Waals surface area contributed by atoms with Crippen LogP contribution in [0.5, 0.6) is 0 Å².